The Bertz CT molecular complexity index is 21.6. The molecule has 27 valence electrons. The second-order valence-electron chi connectivity index (χ2n) is 0.640. The van der Waals surface area contributed by atoms with Gasteiger partial charge < -0.3 is 15.7 Å². The summed E-state index contributed by atoms with van der Waals surface area (Å²) in [5, 5.41) is 15.5. The molecule has 0 bridgehead atoms. The van der Waals surface area contributed by atoms with Gasteiger partial charge in [0, 0.05) is 0 Å². The lowest BCUT2D eigenvalue weighted by molar-refractivity contribution is 0.564. The smallest absolute Gasteiger partial charge is 0.360 e. The fraction of sp³-hybridized carbons (Fsp3) is 0. The highest BCUT2D eigenvalue weighted by Gasteiger charge is 1.99. The molecule has 0 unspecified atom stereocenters. The van der Waals surface area contributed by atoms with Gasteiger partial charge >= 0.3 is 14.3 Å². The van der Waals surface area contributed by atoms with Crippen LogP contribution in [0.15, 0.2) is 0 Å². The molecule has 5 heteroatoms. The van der Waals surface area contributed by atoms with Gasteiger partial charge in [-0.05, 0) is 0 Å². The Labute approximate surface area is 31.2 Å². The first-order chi connectivity index (χ1) is 2.27. The van der Waals surface area contributed by atoms with Crippen LogP contribution in [0, 0.1) is 0 Å². The summed E-state index contributed by atoms with van der Waals surface area (Å²) >= 11 is 0. The summed E-state index contributed by atoms with van der Waals surface area (Å²) in [6, 6.07) is 0. The third-order valence-corrected chi connectivity index (χ3v) is 0.153. The van der Waals surface area contributed by atoms with Gasteiger partial charge in [-0.1, -0.05) is 0 Å². The average molecular weight is 71.7 g/mol. The number of rotatable bonds is 1. The molecule has 0 spiro atoms. The van der Waals surface area contributed by atoms with Crippen molar-refractivity contribution in [3.05, 3.63) is 0 Å². The van der Waals surface area contributed by atoms with Crippen molar-refractivity contribution in [2.75, 3.05) is 0 Å². The summed E-state index contributed by atoms with van der Waals surface area (Å²) in [6.45, 7) is -1.19. The molecular formula is H4B2NO2. The maximum absolute atomic E-state index is 7.83. The van der Waals surface area contributed by atoms with E-state index in [1.165, 1.54) is 0 Å². The Morgan fingerprint density at radius 3 is 2.00 bits per heavy atom. The van der Waals surface area contributed by atoms with E-state index in [-0.39, 0.29) is 0 Å². The van der Waals surface area contributed by atoms with Crippen molar-refractivity contribution in [2.24, 2.45) is 5.64 Å². The Morgan fingerprint density at radius 1 is 1.80 bits per heavy atom. The lowest BCUT2D eigenvalue weighted by Gasteiger charge is -1.80. The molecule has 4 N–H and O–H groups in total. The lowest BCUT2D eigenvalue weighted by Crippen LogP contribution is -2.32. The summed E-state index contributed by atoms with van der Waals surface area (Å²) in [7, 11) is 0.500. The van der Waals surface area contributed by atoms with E-state index in [4.69, 9.17) is 10.0 Å². The quantitative estimate of drug-likeness (QED) is 0.300. The second-order valence-corrected chi connectivity index (χ2v) is 0.640. The van der Waals surface area contributed by atoms with E-state index in [9.17, 15) is 0 Å². The molecule has 0 aromatic carbocycles. The van der Waals surface area contributed by atoms with Crippen LogP contribution < -0.4 is 5.64 Å². The van der Waals surface area contributed by atoms with Crippen LogP contribution in [-0.4, -0.2) is 24.4 Å². The summed E-state index contributed by atoms with van der Waals surface area (Å²) in [5.41, 5.74) is 4.54. The van der Waals surface area contributed by atoms with Gasteiger partial charge in [0.25, 0.3) is 0 Å². The summed E-state index contributed by atoms with van der Waals surface area (Å²) in [4.78, 5) is 0. The van der Waals surface area contributed by atoms with Gasteiger partial charge in [-0.2, -0.15) is 0 Å². The Kier molecular flexibility index (Phi) is 2.26. The Balaban J connectivity index is 2.54. The van der Waals surface area contributed by atoms with Gasteiger partial charge in [0.2, 0.25) is 0 Å². The molecule has 0 aliphatic heterocycles. The second kappa shape index (κ2) is 2.26. The molecule has 0 aliphatic carbocycles. The molecule has 0 rings (SSSR count). The van der Waals surface area contributed by atoms with Crippen LogP contribution in [0.25, 0.3) is 0 Å². The molecule has 0 heterocycles. The van der Waals surface area contributed by atoms with E-state index in [2.05, 4.69) is 5.64 Å². The molecule has 3 nitrogen and oxygen atoms in total. The Morgan fingerprint density at radius 2 is 2.00 bits per heavy atom. The normalized spacial score (nSPS) is 7.00. The molecule has 5 heavy (non-hydrogen) atoms. The van der Waals surface area contributed by atoms with Crippen molar-refractivity contribution < 1.29 is 10.0 Å². The zero-order valence-corrected chi connectivity index (χ0v) is 2.63. The molecule has 0 amide bonds. The highest BCUT2D eigenvalue weighted by atomic mass is 16.2. The maximum atomic E-state index is 7.83. The van der Waals surface area contributed by atoms with E-state index >= 15 is 0 Å². The SMILES string of the molecule is NB(O)[B]O. The minimum atomic E-state index is -1.19. The van der Waals surface area contributed by atoms with Gasteiger partial charge in [0.05, 0.1) is 0 Å². The van der Waals surface area contributed by atoms with E-state index in [1.807, 2.05) is 0 Å². The molecule has 0 atom stereocenters. The zero-order chi connectivity index (χ0) is 4.28. The standard InChI is InChI=1S/B2H4NO2/c3-2(5)1-4/h4-5H,3H2. The van der Waals surface area contributed by atoms with Gasteiger partial charge in [0.15, 0.2) is 0 Å². The predicted octanol–water partition coefficient (Wildman–Crippen LogP) is -2.47. The van der Waals surface area contributed by atoms with Gasteiger partial charge in [0.1, 0.15) is 0 Å². The fourth-order valence-electron chi connectivity index (χ4n) is 0. The highest BCUT2D eigenvalue weighted by Crippen LogP contribution is 1.43. The topological polar surface area (TPSA) is 66.5 Å². The van der Waals surface area contributed by atoms with Crippen molar-refractivity contribution in [2.45, 2.75) is 0 Å². The Hall–Kier alpha value is 0.00987. The molecule has 0 saturated carbocycles. The van der Waals surface area contributed by atoms with Crippen LogP contribution in [0.2, 0.25) is 0 Å². The first kappa shape index (κ1) is 5.01. The van der Waals surface area contributed by atoms with Crippen molar-refractivity contribution in [3.8, 4) is 0 Å². The lowest BCUT2D eigenvalue weighted by atomic mass is 9.54. The molecule has 0 aromatic heterocycles. The summed E-state index contributed by atoms with van der Waals surface area (Å²) in [5.74, 6) is 0. The highest BCUT2D eigenvalue weighted by molar-refractivity contribution is 7.03. The molecule has 1 radical (unpaired) electrons. The van der Waals surface area contributed by atoms with Crippen LogP contribution in [0.3, 0.4) is 0 Å². The zero-order valence-electron chi connectivity index (χ0n) is 2.63. The fourth-order valence-corrected chi connectivity index (χ4v) is 0. The summed E-state index contributed by atoms with van der Waals surface area (Å²) in [6.07, 6.45) is 0. The first-order valence-corrected chi connectivity index (χ1v) is 1.18. The molecule has 0 fully saturated rings. The van der Waals surface area contributed by atoms with E-state index in [0.29, 0.717) is 7.37 Å². The van der Waals surface area contributed by atoms with Crippen molar-refractivity contribution in [1.29, 1.82) is 0 Å². The third kappa shape index (κ3) is 4.01. The average Bonchev–Trinajstić information content (AvgIpc) is 1.38. The number of hydrogen-bond acceptors (Lipinski definition) is 3. The van der Waals surface area contributed by atoms with E-state index in [0.717, 1.165) is 0 Å². The largest absolute Gasteiger partial charge is 0.459 e. The predicted molar refractivity (Wildman–Crippen MR) is 20.1 cm³/mol. The first-order valence-electron chi connectivity index (χ1n) is 1.18. The van der Waals surface area contributed by atoms with Gasteiger partial charge in [-0.3, -0.25) is 0 Å². The van der Waals surface area contributed by atoms with Crippen LogP contribution in [0.1, 0.15) is 0 Å². The van der Waals surface area contributed by atoms with Crippen LogP contribution in [-0.2, 0) is 0 Å². The monoisotopic (exact) mass is 72.0 g/mol. The van der Waals surface area contributed by atoms with Crippen molar-refractivity contribution >= 4 is 14.3 Å². The van der Waals surface area contributed by atoms with Crippen molar-refractivity contribution in [3.63, 3.8) is 0 Å². The number of nitrogens with two attached hydrogens (primary N) is 1. The molecular weight excluding hydrogens is 67.6 g/mol. The van der Waals surface area contributed by atoms with E-state index in [1.54, 1.807) is 0 Å². The van der Waals surface area contributed by atoms with Crippen LogP contribution >= 0.6 is 0 Å². The molecule has 0 aromatic rings. The minimum Gasteiger partial charge on any atom is -0.459 e. The van der Waals surface area contributed by atoms with Crippen LogP contribution in [0.5, 0.6) is 0 Å². The summed E-state index contributed by atoms with van der Waals surface area (Å²) < 4.78 is 0. The third-order valence-electron chi connectivity index (χ3n) is 0.153. The minimum absolute atomic E-state index is 0.500. The van der Waals surface area contributed by atoms with Gasteiger partial charge in [-0.25, -0.2) is 0 Å². The van der Waals surface area contributed by atoms with Crippen molar-refractivity contribution in [1.82, 2.24) is 0 Å². The maximum Gasteiger partial charge on any atom is 0.360 e. The number of hydrogen-bond donors (Lipinski definition) is 3. The van der Waals surface area contributed by atoms with Gasteiger partial charge in [-0.15, -0.1) is 0 Å². The van der Waals surface area contributed by atoms with Crippen LogP contribution in [0.4, 0.5) is 0 Å². The molecule has 0 saturated heterocycles. The molecule has 0 aliphatic rings. The van der Waals surface area contributed by atoms with E-state index < -0.39 is 6.94 Å².